The Morgan fingerprint density at radius 2 is 1.23 bits per heavy atom. The first-order valence-corrected chi connectivity index (χ1v) is 7.88. The lowest BCUT2D eigenvalue weighted by molar-refractivity contribution is 0.587. The van der Waals surface area contributed by atoms with Gasteiger partial charge in [-0.05, 0) is 6.42 Å². The van der Waals surface area contributed by atoms with Crippen molar-refractivity contribution in [3.8, 4) is 0 Å². The van der Waals surface area contributed by atoms with Gasteiger partial charge in [-0.2, -0.15) is 0 Å². The van der Waals surface area contributed by atoms with Crippen LogP contribution in [0.5, 0.6) is 0 Å². The quantitative estimate of drug-likeness (QED) is 0.653. The Kier molecular flexibility index (Phi) is 4.91. The van der Waals surface area contributed by atoms with Gasteiger partial charge in [0.05, 0.1) is 11.5 Å². The van der Waals surface area contributed by atoms with E-state index in [1.54, 1.807) is 6.92 Å². The van der Waals surface area contributed by atoms with Crippen molar-refractivity contribution in [3.63, 3.8) is 0 Å². The van der Waals surface area contributed by atoms with Gasteiger partial charge < -0.3 is 0 Å². The maximum absolute atomic E-state index is 11.1. The third-order valence-corrected chi connectivity index (χ3v) is 5.48. The summed E-state index contributed by atoms with van der Waals surface area (Å²) in [5.41, 5.74) is 0. The summed E-state index contributed by atoms with van der Waals surface area (Å²) in [6, 6.07) is 0. The molecule has 0 N–H and O–H groups in total. The third kappa shape index (κ3) is 6.04. The fourth-order valence-corrected chi connectivity index (χ4v) is 3.96. The zero-order valence-corrected chi connectivity index (χ0v) is 9.62. The number of rotatable bonds is 6. The molecule has 0 radical (unpaired) electrons. The van der Waals surface area contributed by atoms with Gasteiger partial charge in [-0.25, -0.2) is 16.8 Å². The van der Waals surface area contributed by atoms with Crippen LogP contribution in [0.3, 0.4) is 0 Å². The van der Waals surface area contributed by atoms with Crippen molar-refractivity contribution in [1.29, 1.82) is 0 Å². The predicted octanol–water partition coefficient (Wildman–Crippen LogP) is 0.246. The van der Waals surface area contributed by atoms with Gasteiger partial charge in [-0.1, -0.05) is 13.8 Å². The molecule has 0 aliphatic rings. The molecule has 0 aliphatic heterocycles. The second-order valence-electron chi connectivity index (χ2n) is 2.89. The minimum Gasteiger partial charge on any atom is -0.229 e. The summed E-state index contributed by atoms with van der Waals surface area (Å²) >= 11 is 0. The van der Waals surface area contributed by atoms with E-state index in [-0.39, 0.29) is 23.0 Å². The molecule has 0 bridgehead atoms. The molecule has 80 valence electrons. The fourth-order valence-electron chi connectivity index (χ4n) is 0.811. The van der Waals surface area contributed by atoms with Crippen molar-refractivity contribution in [2.24, 2.45) is 0 Å². The molecular formula is C7H16O4S2. The second kappa shape index (κ2) is 4.95. The SMILES string of the molecule is CCCS(=O)(=O)CCS(=O)(=O)CC. The monoisotopic (exact) mass is 228 g/mol. The van der Waals surface area contributed by atoms with Crippen LogP contribution in [0.1, 0.15) is 20.3 Å². The van der Waals surface area contributed by atoms with Crippen molar-refractivity contribution in [2.45, 2.75) is 20.3 Å². The van der Waals surface area contributed by atoms with Crippen LogP contribution >= 0.6 is 0 Å². The third-order valence-electron chi connectivity index (χ3n) is 1.66. The number of sulfone groups is 2. The van der Waals surface area contributed by atoms with E-state index in [4.69, 9.17) is 0 Å². The van der Waals surface area contributed by atoms with Crippen molar-refractivity contribution >= 4 is 19.7 Å². The van der Waals surface area contributed by atoms with Gasteiger partial charge in [0.1, 0.15) is 0 Å². The average molecular weight is 228 g/mol. The minimum atomic E-state index is -3.15. The summed E-state index contributed by atoms with van der Waals surface area (Å²) in [6.45, 7) is 3.27. The minimum absolute atomic E-state index is 0.00858. The molecule has 0 aromatic carbocycles. The maximum atomic E-state index is 11.1. The Morgan fingerprint density at radius 3 is 1.62 bits per heavy atom. The highest BCUT2D eigenvalue weighted by Gasteiger charge is 2.15. The highest BCUT2D eigenvalue weighted by atomic mass is 32.2. The van der Waals surface area contributed by atoms with E-state index in [1.165, 1.54) is 6.92 Å². The zero-order chi connectivity index (χ0) is 10.5. The smallest absolute Gasteiger partial charge is 0.151 e. The van der Waals surface area contributed by atoms with E-state index >= 15 is 0 Å². The summed E-state index contributed by atoms with van der Waals surface area (Å²) in [4.78, 5) is 0. The molecule has 4 nitrogen and oxygen atoms in total. The van der Waals surface area contributed by atoms with Crippen molar-refractivity contribution in [2.75, 3.05) is 23.0 Å². The summed E-state index contributed by atoms with van der Waals surface area (Å²) in [5, 5.41) is 0. The van der Waals surface area contributed by atoms with E-state index in [0.29, 0.717) is 6.42 Å². The van der Waals surface area contributed by atoms with E-state index in [1.807, 2.05) is 0 Å². The van der Waals surface area contributed by atoms with Gasteiger partial charge in [0.15, 0.2) is 19.7 Å². The Morgan fingerprint density at radius 1 is 0.769 bits per heavy atom. The van der Waals surface area contributed by atoms with Crippen LogP contribution in [-0.2, 0) is 19.7 Å². The van der Waals surface area contributed by atoms with Crippen molar-refractivity contribution in [3.05, 3.63) is 0 Å². The Balaban J connectivity index is 4.19. The van der Waals surface area contributed by atoms with Gasteiger partial charge in [0, 0.05) is 11.5 Å². The van der Waals surface area contributed by atoms with Crippen LogP contribution in [0.15, 0.2) is 0 Å². The molecule has 6 heteroatoms. The van der Waals surface area contributed by atoms with Gasteiger partial charge in [-0.15, -0.1) is 0 Å². The standard InChI is InChI=1S/C7H16O4S2/c1-3-5-13(10,11)7-6-12(8,9)4-2/h3-7H2,1-2H3. The molecule has 0 fully saturated rings. The molecule has 0 atom stereocenters. The highest BCUT2D eigenvalue weighted by molar-refractivity contribution is 7.95. The average Bonchev–Trinajstić information content (AvgIpc) is 2.02. The van der Waals surface area contributed by atoms with Gasteiger partial charge in [0.2, 0.25) is 0 Å². The lowest BCUT2D eigenvalue weighted by atomic mass is 10.6. The van der Waals surface area contributed by atoms with Gasteiger partial charge in [-0.3, -0.25) is 0 Å². The zero-order valence-electron chi connectivity index (χ0n) is 7.99. The van der Waals surface area contributed by atoms with E-state index < -0.39 is 19.7 Å². The number of hydrogen-bond donors (Lipinski definition) is 0. The second-order valence-corrected chi connectivity index (χ2v) is 7.66. The van der Waals surface area contributed by atoms with Crippen LogP contribution in [-0.4, -0.2) is 39.8 Å². The van der Waals surface area contributed by atoms with E-state index in [0.717, 1.165) is 0 Å². The molecule has 0 spiro atoms. The molecule has 0 rings (SSSR count). The van der Waals surface area contributed by atoms with Gasteiger partial charge in [0.25, 0.3) is 0 Å². The molecule has 0 aromatic heterocycles. The van der Waals surface area contributed by atoms with Crippen LogP contribution < -0.4 is 0 Å². The molecule has 0 unspecified atom stereocenters. The summed E-state index contributed by atoms with van der Waals surface area (Å²) in [7, 11) is -6.30. The summed E-state index contributed by atoms with van der Waals surface area (Å²) < 4.78 is 44.2. The Labute approximate surface area is 80.2 Å². The molecular weight excluding hydrogens is 212 g/mol. The first-order valence-electron chi connectivity index (χ1n) is 4.24. The molecule has 0 aromatic rings. The molecule has 13 heavy (non-hydrogen) atoms. The maximum Gasteiger partial charge on any atom is 0.151 e. The highest BCUT2D eigenvalue weighted by Crippen LogP contribution is 1.97. The fraction of sp³-hybridized carbons (Fsp3) is 1.00. The normalized spacial score (nSPS) is 13.1. The van der Waals surface area contributed by atoms with Gasteiger partial charge >= 0.3 is 0 Å². The summed E-state index contributed by atoms with van der Waals surface area (Å²) in [5.74, 6) is -0.399. The predicted molar refractivity (Wildman–Crippen MR) is 53.3 cm³/mol. The van der Waals surface area contributed by atoms with Crippen LogP contribution in [0.25, 0.3) is 0 Å². The molecule has 0 saturated carbocycles. The first-order chi connectivity index (χ1) is 5.83. The largest absolute Gasteiger partial charge is 0.229 e. The molecule has 0 saturated heterocycles. The summed E-state index contributed by atoms with van der Waals surface area (Å²) in [6.07, 6.45) is 0.536. The Bertz CT molecular complexity index is 326. The number of hydrogen-bond acceptors (Lipinski definition) is 4. The van der Waals surface area contributed by atoms with Crippen molar-refractivity contribution in [1.82, 2.24) is 0 Å². The topological polar surface area (TPSA) is 68.3 Å². The van der Waals surface area contributed by atoms with E-state index in [9.17, 15) is 16.8 Å². The Hall–Kier alpha value is -0.100. The molecule has 0 heterocycles. The van der Waals surface area contributed by atoms with Crippen molar-refractivity contribution < 1.29 is 16.8 Å². The lowest BCUT2D eigenvalue weighted by Crippen LogP contribution is -2.20. The molecule has 0 aliphatic carbocycles. The first kappa shape index (κ1) is 12.9. The van der Waals surface area contributed by atoms with Crippen LogP contribution in [0, 0.1) is 0 Å². The lowest BCUT2D eigenvalue weighted by Gasteiger charge is -2.02. The van der Waals surface area contributed by atoms with Crippen LogP contribution in [0.4, 0.5) is 0 Å². The molecule has 0 amide bonds. The van der Waals surface area contributed by atoms with Crippen LogP contribution in [0.2, 0.25) is 0 Å². The van der Waals surface area contributed by atoms with E-state index in [2.05, 4.69) is 0 Å².